The zero-order valence-corrected chi connectivity index (χ0v) is 22.6. The number of rotatable bonds is 9. The maximum absolute atomic E-state index is 12.4. The number of carboxylic acid groups (broad SMARTS) is 1. The lowest BCUT2D eigenvalue weighted by atomic mass is 9.46. The topological polar surface area (TPSA) is 168 Å². The van der Waals surface area contributed by atoms with Crippen molar-refractivity contribution >= 4 is 29.3 Å². The summed E-state index contributed by atoms with van der Waals surface area (Å²) in [7, 11) is 0. The molecule has 4 aliphatic rings. The molecule has 0 saturated heterocycles. The molecule has 0 aliphatic heterocycles. The summed E-state index contributed by atoms with van der Waals surface area (Å²) in [6.07, 6.45) is 8.75. The highest BCUT2D eigenvalue weighted by molar-refractivity contribution is 5.96. The van der Waals surface area contributed by atoms with Crippen LogP contribution in [0.4, 0.5) is 0 Å². The Hall–Kier alpha value is -2.75. The summed E-state index contributed by atoms with van der Waals surface area (Å²) in [6.45, 7) is 5.58. The number of nitrogens with zero attached hydrogens (tertiary/aromatic N) is 1. The number of oxime groups is 1. The van der Waals surface area contributed by atoms with Crippen LogP contribution in [0.1, 0.15) is 85.0 Å². The van der Waals surface area contributed by atoms with Crippen LogP contribution in [0.25, 0.3) is 0 Å². The van der Waals surface area contributed by atoms with Gasteiger partial charge in [-0.25, -0.2) is 4.79 Å². The van der Waals surface area contributed by atoms with Gasteiger partial charge in [-0.3, -0.25) is 14.4 Å². The van der Waals surface area contributed by atoms with Crippen LogP contribution >= 0.6 is 0 Å². The van der Waals surface area contributed by atoms with E-state index >= 15 is 0 Å². The van der Waals surface area contributed by atoms with E-state index in [4.69, 9.17) is 10.6 Å². The van der Waals surface area contributed by atoms with Gasteiger partial charge < -0.3 is 26.1 Å². The molecule has 4 aliphatic carbocycles. The monoisotopic (exact) mass is 531 g/mol. The summed E-state index contributed by atoms with van der Waals surface area (Å²) in [5.41, 5.74) is 5.64. The SMILES string of the molecule is CC(=O)[C@@]1(O)CC[C@@H]2[C@H]3CCC4=C/C(=N/OCC(=O)N[C@@H](CCC(N)=O)C(=O)O)CC[C@]4(C)[C@@H]3CC[C@@]21C. The summed E-state index contributed by atoms with van der Waals surface area (Å²) in [6, 6.07) is -1.22. The van der Waals surface area contributed by atoms with Crippen molar-refractivity contribution in [1.82, 2.24) is 5.32 Å². The molecule has 10 heteroatoms. The molecule has 0 aromatic rings. The molecule has 0 radical (unpaired) electrons. The lowest BCUT2D eigenvalue weighted by Crippen LogP contribution is -2.57. The number of carbonyl (C=O) groups is 4. The Kier molecular flexibility index (Phi) is 7.76. The van der Waals surface area contributed by atoms with E-state index in [0.29, 0.717) is 30.6 Å². The fourth-order valence-electron chi connectivity index (χ4n) is 8.19. The van der Waals surface area contributed by atoms with E-state index in [0.717, 1.165) is 44.2 Å². The molecular formula is C28H41N3O7. The second-order valence-electron chi connectivity index (χ2n) is 12.2. The van der Waals surface area contributed by atoms with Gasteiger partial charge in [0.2, 0.25) is 5.91 Å². The van der Waals surface area contributed by atoms with Crippen molar-refractivity contribution in [2.24, 2.45) is 39.5 Å². The molecule has 10 nitrogen and oxygen atoms in total. The Morgan fingerprint density at radius 1 is 1.13 bits per heavy atom. The number of hydrogen-bond donors (Lipinski definition) is 4. The average molecular weight is 532 g/mol. The molecular weight excluding hydrogens is 490 g/mol. The first-order valence-corrected chi connectivity index (χ1v) is 13.8. The largest absolute Gasteiger partial charge is 0.480 e. The minimum atomic E-state index is -1.25. The average Bonchev–Trinajstić information content (AvgIpc) is 3.13. The van der Waals surface area contributed by atoms with Gasteiger partial charge >= 0.3 is 5.97 Å². The number of nitrogens with one attached hydrogen (secondary N) is 1. The minimum absolute atomic E-state index is 0.0344. The van der Waals surface area contributed by atoms with Crippen LogP contribution in [0.2, 0.25) is 0 Å². The van der Waals surface area contributed by atoms with E-state index < -0.39 is 36.0 Å². The number of nitrogens with two attached hydrogens (primary N) is 1. The number of carbonyl (C=O) groups excluding carboxylic acids is 3. The Bertz CT molecular complexity index is 1070. The van der Waals surface area contributed by atoms with Crippen LogP contribution in [-0.4, -0.2) is 57.7 Å². The molecule has 0 heterocycles. The van der Waals surface area contributed by atoms with E-state index in [-0.39, 0.29) is 29.5 Å². The number of amides is 2. The fraction of sp³-hybridized carbons (Fsp3) is 0.750. The van der Waals surface area contributed by atoms with Gasteiger partial charge in [-0.2, -0.15) is 0 Å². The highest BCUT2D eigenvalue weighted by atomic mass is 16.6. The molecule has 7 atom stereocenters. The van der Waals surface area contributed by atoms with E-state index in [1.807, 2.05) is 0 Å². The molecule has 3 saturated carbocycles. The summed E-state index contributed by atoms with van der Waals surface area (Å²) in [4.78, 5) is 52.1. The first-order chi connectivity index (χ1) is 17.8. The second kappa shape index (κ2) is 10.4. The van der Waals surface area contributed by atoms with Crippen molar-refractivity contribution < 1.29 is 34.2 Å². The standard InChI is InChI=1S/C28H41N3O7/c1-16(32)28(37)13-10-21-19-5-4-17-14-18(8-11-26(17,2)20(19)9-12-27(21,28)3)31-38-15-24(34)30-22(25(35)36)6-7-23(29)33/h14,19-22,37H,4-13,15H2,1-3H3,(H2,29,33)(H,30,34)(H,35,36)/b31-18+/t19-,20+,21+,22-,26-,27-,28-/m0/s1. The van der Waals surface area contributed by atoms with Gasteiger partial charge in [0.25, 0.3) is 5.91 Å². The Labute approximate surface area is 223 Å². The smallest absolute Gasteiger partial charge is 0.326 e. The van der Waals surface area contributed by atoms with E-state index in [1.165, 1.54) is 12.5 Å². The van der Waals surface area contributed by atoms with Crippen molar-refractivity contribution in [2.75, 3.05) is 6.61 Å². The molecule has 0 spiro atoms. The molecule has 0 bridgehead atoms. The number of hydrogen-bond acceptors (Lipinski definition) is 7. The van der Waals surface area contributed by atoms with Crippen LogP contribution in [-0.2, 0) is 24.0 Å². The molecule has 3 fully saturated rings. The summed E-state index contributed by atoms with van der Waals surface area (Å²) >= 11 is 0. The number of primary amides is 1. The molecule has 0 unspecified atom stereocenters. The van der Waals surface area contributed by atoms with Gasteiger partial charge in [0.1, 0.15) is 11.6 Å². The summed E-state index contributed by atoms with van der Waals surface area (Å²) in [5, 5.41) is 27.0. The molecule has 0 aromatic heterocycles. The molecule has 210 valence electrons. The van der Waals surface area contributed by atoms with Crippen LogP contribution < -0.4 is 11.1 Å². The quantitative estimate of drug-likeness (QED) is 0.331. The van der Waals surface area contributed by atoms with Crippen LogP contribution in [0.15, 0.2) is 16.8 Å². The first kappa shape index (κ1) is 28.3. The molecule has 4 rings (SSSR count). The highest BCUT2D eigenvalue weighted by Gasteiger charge is 2.65. The molecule has 38 heavy (non-hydrogen) atoms. The summed E-state index contributed by atoms with van der Waals surface area (Å²) in [5.74, 6) is -1.28. The third-order valence-corrected chi connectivity index (χ3v) is 10.4. The zero-order chi connectivity index (χ0) is 27.9. The fourth-order valence-corrected chi connectivity index (χ4v) is 8.19. The van der Waals surface area contributed by atoms with Crippen LogP contribution in [0.3, 0.4) is 0 Å². The van der Waals surface area contributed by atoms with Crippen molar-refractivity contribution in [3.63, 3.8) is 0 Å². The van der Waals surface area contributed by atoms with Gasteiger partial charge in [0.15, 0.2) is 12.4 Å². The number of Topliss-reactive ketones (excluding diaryl/α,β-unsaturated/α-hetero) is 1. The third-order valence-electron chi connectivity index (χ3n) is 10.4. The van der Waals surface area contributed by atoms with Crippen molar-refractivity contribution in [3.05, 3.63) is 11.6 Å². The molecule has 0 aromatic carbocycles. The van der Waals surface area contributed by atoms with Crippen LogP contribution in [0.5, 0.6) is 0 Å². The zero-order valence-electron chi connectivity index (χ0n) is 22.6. The number of carboxylic acids is 1. The second-order valence-corrected chi connectivity index (χ2v) is 12.2. The Morgan fingerprint density at radius 2 is 1.84 bits per heavy atom. The van der Waals surface area contributed by atoms with Gasteiger partial charge in [-0.15, -0.1) is 0 Å². The van der Waals surface area contributed by atoms with Gasteiger partial charge in [-0.05, 0) is 94.0 Å². The molecule has 2 amide bonds. The lowest BCUT2D eigenvalue weighted by Gasteiger charge is -2.59. The highest BCUT2D eigenvalue weighted by Crippen LogP contribution is 2.67. The number of allylic oxidation sites excluding steroid dienone is 2. The van der Waals surface area contributed by atoms with Crippen LogP contribution in [0, 0.1) is 28.6 Å². The van der Waals surface area contributed by atoms with Crippen molar-refractivity contribution in [3.8, 4) is 0 Å². The predicted molar refractivity (Wildman–Crippen MR) is 139 cm³/mol. The van der Waals surface area contributed by atoms with E-state index in [1.54, 1.807) is 0 Å². The van der Waals surface area contributed by atoms with Crippen molar-refractivity contribution in [1.29, 1.82) is 0 Å². The van der Waals surface area contributed by atoms with Gasteiger partial charge in [0, 0.05) is 11.8 Å². The maximum atomic E-state index is 12.4. The van der Waals surface area contributed by atoms with Gasteiger partial charge in [0.05, 0.1) is 5.71 Å². The lowest BCUT2D eigenvalue weighted by molar-refractivity contribution is -0.159. The number of fused-ring (bicyclic) bond motifs is 5. The van der Waals surface area contributed by atoms with Crippen molar-refractivity contribution in [2.45, 2.75) is 96.6 Å². The predicted octanol–water partition coefficient (Wildman–Crippen LogP) is 2.48. The first-order valence-electron chi connectivity index (χ1n) is 13.8. The number of ketones is 1. The Morgan fingerprint density at radius 3 is 2.50 bits per heavy atom. The minimum Gasteiger partial charge on any atom is -0.480 e. The van der Waals surface area contributed by atoms with E-state index in [2.05, 4.69) is 30.4 Å². The normalized spacial score (nSPS) is 37.7. The maximum Gasteiger partial charge on any atom is 0.326 e. The Balaban J connectivity index is 1.38. The number of aliphatic carboxylic acids is 1. The van der Waals surface area contributed by atoms with E-state index in [9.17, 15) is 29.4 Å². The summed E-state index contributed by atoms with van der Waals surface area (Å²) < 4.78 is 0. The van der Waals surface area contributed by atoms with Gasteiger partial charge in [-0.1, -0.05) is 24.6 Å². The molecule has 5 N–H and O–H groups in total. The third kappa shape index (κ3) is 4.87. The number of aliphatic hydroxyl groups is 1.